The molecule has 0 fully saturated rings. The standard InChI is InChI=1S/C16H10.C5H10O4S/c1-3-11-7-9-13-5-2-6-14-10-8-12(4-1)15(11)16(13)14;1-5(3-4-6)9-10(2,7)8/h1-10H;4-5H,3H2,1-2H3. The highest BCUT2D eigenvalue weighted by molar-refractivity contribution is 7.86. The van der Waals surface area contributed by atoms with E-state index >= 15 is 0 Å². The SMILES string of the molecule is CC(CC=O)OS(C)(=O)=O.c1cc2ccc3cccc4ccc(c1)c2c34. The Morgan fingerprint density at radius 1 is 0.846 bits per heavy atom. The van der Waals surface area contributed by atoms with E-state index in [0.29, 0.717) is 6.29 Å². The Hall–Kier alpha value is -2.50. The van der Waals surface area contributed by atoms with E-state index in [0.717, 1.165) is 6.26 Å². The largest absolute Gasteiger partial charge is 0.303 e. The van der Waals surface area contributed by atoms with Gasteiger partial charge in [0.05, 0.1) is 12.4 Å². The van der Waals surface area contributed by atoms with Crippen LogP contribution in [0, 0.1) is 0 Å². The molecule has 1 atom stereocenters. The van der Waals surface area contributed by atoms with Gasteiger partial charge in [-0.2, -0.15) is 8.42 Å². The van der Waals surface area contributed by atoms with Gasteiger partial charge in [-0.25, -0.2) is 0 Å². The number of rotatable bonds is 4. The van der Waals surface area contributed by atoms with Crippen molar-refractivity contribution in [2.75, 3.05) is 6.26 Å². The van der Waals surface area contributed by atoms with Gasteiger partial charge in [-0.3, -0.25) is 4.18 Å². The van der Waals surface area contributed by atoms with Gasteiger partial charge in [0, 0.05) is 6.42 Å². The van der Waals surface area contributed by atoms with E-state index in [1.807, 2.05) is 0 Å². The predicted molar refractivity (Wildman–Crippen MR) is 106 cm³/mol. The lowest BCUT2D eigenvalue weighted by atomic mass is 9.95. The molecule has 0 aromatic heterocycles. The second-order valence-electron chi connectivity index (χ2n) is 6.30. The maximum Gasteiger partial charge on any atom is 0.264 e. The zero-order valence-electron chi connectivity index (χ0n) is 14.7. The third-order valence-electron chi connectivity index (χ3n) is 4.16. The summed E-state index contributed by atoms with van der Waals surface area (Å²) in [6, 6.07) is 21.9. The Bertz CT molecular complexity index is 1020. The molecule has 4 aromatic rings. The second kappa shape index (κ2) is 7.40. The molecule has 5 heteroatoms. The molecule has 4 rings (SSSR count). The number of hydrogen-bond donors (Lipinski definition) is 0. The topological polar surface area (TPSA) is 60.4 Å². The van der Waals surface area contributed by atoms with Gasteiger partial charge in [-0.05, 0) is 39.2 Å². The number of hydrogen-bond acceptors (Lipinski definition) is 4. The third kappa shape index (κ3) is 4.00. The van der Waals surface area contributed by atoms with Crippen LogP contribution in [0.1, 0.15) is 13.3 Å². The maximum atomic E-state index is 10.4. The summed E-state index contributed by atoms with van der Waals surface area (Å²) in [5, 5.41) is 8.14. The van der Waals surface area contributed by atoms with Crippen molar-refractivity contribution in [1.82, 2.24) is 0 Å². The zero-order chi connectivity index (χ0) is 18.7. The minimum atomic E-state index is -3.40. The summed E-state index contributed by atoms with van der Waals surface area (Å²) in [6.45, 7) is 1.52. The fourth-order valence-electron chi connectivity index (χ4n) is 3.14. The van der Waals surface area contributed by atoms with E-state index in [1.165, 1.54) is 39.2 Å². The minimum Gasteiger partial charge on any atom is -0.303 e. The first-order valence-corrected chi connectivity index (χ1v) is 10.1. The summed E-state index contributed by atoms with van der Waals surface area (Å²) in [7, 11) is -3.40. The summed E-state index contributed by atoms with van der Waals surface area (Å²) < 4.78 is 25.2. The first-order chi connectivity index (χ1) is 12.4. The Kier molecular flexibility index (Phi) is 5.20. The van der Waals surface area contributed by atoms with E-state index < -0.39 is 16.2 Å². The van der Waals surface area contributed by atoms with Gasteiger partial charge in [-0.15, -0.1) is 0 Å². The maximum absolute atomic E-state index is 10.4. The number of benzene rings is 4. The van der Waals surface area contributed by atoms with Crippen LogP contribution >= 0.6 is 0 Å². The van der Waals surface area contributed by atoms with Crippen molar-refractivity contribution in [3.63, 3.8) is 0 Å². The Balaban J connectivity index is 0.000000172. The third-order valence-corrected chi connectivity index (χ3v) is 4.84. The van der Waals surface area contributed by atoms with Crippen LogP contribution < -0.4 is 0 Å². The molecule has 0 saturated heterocycles. The molecule has 0 spiro atoms. The van der Waals surface area contributed by atoms with Crippen molar-refractivity contribution < 1.29 is 17.4 Å². The summed E-state index contributed by atoms with van der Waals surface area (Å²) in [5.41, 5.74) is 0. The molecule has 0 bridgehead atoms. The molecule has 26 heavy (non-hydrogen) atoms. The molecule has 134 valence electrons. The van der Waals surface area contributed by atoms with Crippen molar-refractivity contribution in [3.8, 4) is 0 Å². The van der Waals surface area contributed by atoms with Crippen molar-refractivity contribution in [2.45, 2.75) is 19.4 Å². The lowest BCUT2D eigenvalue weighted by molar-refractivity contribution is -0.109. The summed E-state index contributed by atoms with van der Waals surface area (Å²) in [5.74, 6) is 0. The molecule has 0 aliphatic carbocycles. The molecular weight excluding hydrogens is 348 g/mol. The van der Waals surface area contributed by atoms with E-state index in [1.54, 1.807) is 0 Å². The molecule has 0 saturated carbocycles. The smallest absolute Gasteiger partial charge is 0.264 e. The zero-order valence-corrected chi connectivity index (χ0v) is 15.5. The normalized spacial score (nSPS) is 12.8. The van der Waals surface area contributed by atoms with Gasteiger partial charge in [0.25, 0.3) is 10.1 Å². The van der Waals surface area contributed by atoms with E-state index in [9.17, 15) is 13.2 Å². The molecule has 4 nitrogen and oxygen atoms in total. The highest BCUT2D eigenvalue weighted by Gasteiger charge is 2.08. The molecule has 0 radical (unpaired) electrons. The van der Waals surface area contributed by atoms with Gasteiger partial charge in [0.1, 0.15) is 6.29 Å². The number of aldehydes is 1. The van der Waals surface area contributed by atoms with Crippen LogP contribution in [-0.2, 0) is 19.1 Å². The average molecular weight is 368 g/mol. The quantitative estimate of drug-likeness (QED) is 0.302. The number of carbonyl (C=O) groups excluding carboxylic acids is 1. The van der Waals surface area contributed by atoms with Gasteiger partial charge in [0.15, 0.2) is 0 Å². The summed E-state index contributed by atoms with van der Waals surface area (Å²) in [6.07, 6.45) is 1.13. The van der Waals surface area contributed by atoms with Gasteiger partial charge in [0.2, 0.25) is 0 Å². The Morgan fingerprint density at radius 2 is 1.23 bits per heavy atom. The lowest BCUT2D eigenvalue weighted by Crippen LogP contribution is -2.13. The monoisotopic (exact) mass is 368 g/mol. The Morgan fingerprint density at radius 3 is 1.54 bits per heavy atom. The second-order valence-corrected chi connectivity index (χ2v) is 7.90. The molecule has 1 unspecified atom stereocenters. The van der Waals surface area contributed by atoms with Crippen molar-refractivity contribution in [3.05, 3.63) is 60.7 Å². The van der Waals surface area contributed by atoms with Gasteiger partial charge in [-0.1, -0.05) is 60.7 Å². The predicted octanol–water partition coefficient (Wildman–Crippen LogP) is 4.52. The van der Waals surface area contributed by atoms with Gasteiger partial charge >= 0.3 is 0 Å². The molecule has 4 aromatic carbocycles. The fraction of sp³-hybridized carbons (Fsp3) is 0.190. The first kappa shape index (κ1) is 18.3. The molecular formula is C21H20O4S. The highest BCUT2D eigenvalue weighted by atomic mass is 32.2. The van der Waals surface area contributed by atoms with Crippen molar-refractivity contribution >= 4 is 48.7 Å². The van der Waals surface area contributed by atoms with Crippen LogP contribution in [0.15, 0.2) is 60.7 Å². The van der Waals surface area contributed by atoms with Crippen molar-refractivity contribution in [2.24, 2.45) is 0 Å². The van der Waals surface area contributed by atoms with Crippen LogP contribution in [0.5, 0.6) is 0 Å². The van der Waals surface area contributed by atoms with Crippen LogP contribution in [0.2, 0.25) is 0 Å². The lowest BCUT2D eigenvalue weighted by Gasteiger charge is -2.09. The van der Waals surface area contributed by atoms with E-state index in [4.69, 9.17) is 0 Å². The number of carbonyl (C=O) groups is 1. The van der Waals surface area contributed by atoms with Crippen molar-refractivity contribution in [1.29, 1.82) is 0 Å². The molecule has 0 heterocycles. The first-order valence-electron chi connectivity index (χ1n) is 8.33. The van der Waals surface area contributed by atoms with Crippen LogP contribution in [-0.4, -0.2) is 27.1 Å². The molecule has 0 N–H and O–H groups in total. The molecule has 0 amide bonds. The summed E-state index contributed by atoms with van der Waals surface area (Å²) >= 11 is 0. The van der Waals surface area contributed by atoms with E-state index in [2.05, 4.69) is 64.8 Å². The Labute approximate surface area is 152 Å². The summed E-state index contributed by atoms with van der Waals surface area (Å²) in [4.78, 5) is 9.83. The van der Waals surface area contributed by atoms with E-state index in [-0.39, 0.29) is 6.42 Å². The minimum absolute atomic E-state index is 0.104. The van der Waals surface area contributed by atoms with Crippen LogP contribution in [0.3, 0.4) is 0 Å². The molecule has 0 aliphatic rings. The van der Waals surface area contributed by atoms with Crippen LogP contribution in [0.25, 0.3) is 32.3 Å². The highest BCUT2D eigenvalue weighted by Crippen LogP contribution is 2.33. The average Bonchev–Trinajstić information content (AvgIpc) is 2.59. The van der Waals surface area contributed by atoms with Gasteiger partial charge < -0.3 is 4.79 Å². The van der Waals surface area contributed by atoms with Crippen LogP contribution in [0.4, 0.5) is 0 Å². The molecule has 0 aliphatic heterocycles. The fourth-order valence-corrected chi connectivity index (χ4v) is 3.82.